The van der Waals surface area contributed by atoms with E-state index in [2.05, 4.69) is 40.8 Å². The Balaban J connectivity index is 3.96. The lowest BCUT2D eigenvalue weighted by Crippen LogP contribution is -2.16. The van der Waals surface area contributed by atoms with Gasteiger partial charge in [0.2, 0.25) is 0 Å². The molecule has 0 aliphatic carbocycles. The Morgan fingerprint density at radius 2 is 2.08 bits per heavy atom. The summed E-state index contributed by atoms with van der Waals surface area (Å²) in [6, 6.07) is 0. The predicted molar refractivity (Wildman–Crippen MR) is 61.8 cm³/mol. The van der Waals surface area contributed by atoms with Gasteiger partial charge in [0, 0.05) is 6.61 Å². The Morgan fingerprint density at radius 3 is 2.46 bits per heavy atom. The van der Waals surface area contributed by atoms with E-state index in [1.54, 1.807) is 0 Å². The number of hydrogen-bond acceptors (Lipinski definition) is 1. The average Bonchev–Trinajstić information content (AvgIpc) is 2.13. The number of aliphatic hydroxyl groups excluding tert-OH is 1. The maximum atomic E-state index is 9.06. The van der Waals surface area contributed by atoms with Gasteiger partial charge >= 0.3 is 0 Å². The van der Waals surface area contributed by atoms with Crippen molar-refractivity contribution in [2.75, 3.05) is 6.61 Å². The van der Waals surface area contributed by atoms with Gasteiger partial charge in [-0.15, -0.1) is 0 Å². The fraction of sp³-hybridized carbons (Fsp3) is 0.818. The maximum absolute atomic E-state index is 9.06. The second kappa shape index (κ2) is 7.20. The molecular weight excluding hydrogens is 159 g/mol. The second-order valence-electron chi connectivity index (χ2n) is 4.07. The third kappa shape index (κ3) is 5.15. The molecule has 0 amide bonds. The van der Waals surface area contributed by atoms with Crippen molar-refractivity contribution in [1.29, 1.82) is 0 Å². The van der Waals surface area contributed by atoms with E-state index in [9.17, 15) is 0 Å². The van der Waals surface area contributed by atoms with Crippen molar-refractivity contribution >= 4 is 7.85 Å². The lowest BCUT2D eigenvalue weighted by molar-refractivity contribution is 0.179. The largest absolute Gasteiger partial charge is 0.396 e. The van der Waals surface area contributed by atoms with Gasteiger partial charge in [0.05, 0.1) is 0 Å². The molecule has 2 heteroatoms. The second-order valence-corrected chi connectivity index (χ2v) is 4.07. The number of aliphatic hydroxyl groups is 1. The van der Waals surface area contributed by atoms with Crippen LogP contribution >= 0.6 is 0 Å². The highest BCUT2D eigenvalue weighted by Crippen LogP contribution is 2.25. The van der Waals surface area contributed by atoms with Crippen LogP contribution in [0.25, 0.3) is 0 Å². The Labute approximate surface area is 83.6 Å². The van der Waals surface area contributed by atoms with Crippen molar-refractivity contribution in [3.05, 3.63) is 12.2 Å². The molecular formula is C11H23BO. The normalized spacial score (nSPS) is 18.8. The van der Waals surface area contributed by atoms with Crippen LogP contribution in [-0.4, -0.2) is 19.6 Å². The minimum atomic E-state index is 0.321. The SMILES string of the molecule is B[C@@H](/C=C\C)CC(CC)C(C)CO. The van der Waals surface area contributed by atoms with E-state index in [0.717, 1.165) is 0 Å². The lowest BCUT2D eigenvalue weighted by atomic mass is 9.75. The lowest BCUT2D eigenvalue weighted by Gasteiger charge is -2.22. The summed E-state index contributed by atoms with van der Waals surface area (Å²) in [4.78, 5) is 0. The number of hydrogen-bond donors (Lipinski definition) is 1. The zero-order valence-corrected chi connectivity index (χ0v) is 9.46. The van der Waals surface area contributed by atoms with Gasteiger partial charge in [-0.2, -0.15) is 0 Å². The van der Waals surface area contributed by atoms with Crippen LogP contribution in [0.4, 0.5) is 0 Å². The first-order valence-electron chi connectivity index (χ1n) is 5.39. The first kappa shape index (κ1) is 12.8. The van der Waals surface area contributed by atoms with Gasteiger partial charge in [-0.1, -0.05) is 44.7 Å². The van der Waals surface area contributed by atoms with Gasteiger partial charge in [-0.05, 0) is 18.8 Å². The molecule has 0 spiro atoms. The molecule has 0 radical (unpaired) electrons. The Kier molecular flexibility index (Phi) is 7.07. The fourth-order valence-electron chi connectivity index (χ4n) is 1.84. The van der Waals surface area contributed by atoms with Crippen molar-refractivity contribution in [3.8, 4) is 0 Å². The first-order chi connectivity index (χ1) is 6.15. The summed E-state index contributed by atoms with van der Waals surface area (Å²) >= 11 is 0. The smallest absolute Gasteiger partial charge is 0.110 e. The average molecular weight is 182 g/mol. The summed E-state index contributed by atoms with van der Waals surface area (Å²) in [5, 5.41) is 9.06. The minimum absolute atomic E-state index is 0.321. The molecule has 13 heavy (non-hydrogen) atoms. The molecule has 3 atom stereocenters. The summed E-state index contributed by atoms with van der Waals surface area (Å²) in [7, 11) is 2.24. The molecule has 0 fully saturated rings. The van der Waals surface area contributed by atoms with Crippen molar-refractivity contribution in [2.45, 2.75) is 39.4 Å². The van der Waals surface area contributed by atoms with Gasteiger partial charge in [0.15, 0.2) is 0 Å². The van der Waals surface area contributed by atoms with E-state index in [0.29, 0.717) is 24.3 Å². The summed E-state index contributed by atoms with van der Waals surface area (Å²) < 4.78 is 0. The topological polar surface area (TPSA) is 20.2 Å². The van der Waals surface area contributed by atoms with E-state index in [4.69, 9.17) is 5.11 Å². The zero-order valence-electron chi connectivity index (χ0n) is 9.46. The van der Waals surface area contributed by atoms with Gasteiger partial charge in [0.1, 0.15) is 7.85 Å². The monoisotopic (exact) mass is 182 g/mol. The molecule has 0 saturated carbocycles. The van der Waals surface area contributed by atoms with E-state index >= 15 is 0 Å². The van der Waals surface area contributed by atoms with Crippen LogP contribution in [0.15, 0.2) is 12.2 Å². The van der Waals surface area contributed by atoms with Crippen LogP contribution in [0.2, 0.25) is 5.82 Å². The van der Waals surface area contributed by atoms with Crippen LogP contribution < -0.4 is 0 Å². The van der Waals surface area contributed by atoms with Crippen LogP contribution in [0.3, 0.4) is 0 Å². The Hall–Kier alpha value is -0.235. The van der Waals surface area contributed by atoms with E-state index in [-0.39, 0.29) is 0 Å². The molecule has 76 valence electrons. The summed E-state index contributed by atoms with van der Waals surface area (Å²) in [5.74, 6) is 1.75. The van der Waals surface area contributed by atoms with Gasteiger partial charge in [-0.25, -0.2) is 0 Å². The highest BCUT2D eigenvalue weighted by atomic mass is 16.3. The van der Waals surface area contributed by atoms with Crippen molar-refractivity contribution in [2.24, 2.45) is 11.8 Å². The van der Waals surface area contributed by atoms with Gasteiger partial charge in [0.25, 0.3) is 0 Å². The van der Waals surface area contributed by atoms with Crippen LogP contribution in [0.1, 0.15) is 33.6 Å². The molecule has 0 rings (SSSR count). The molecule has 0 saturated heterocycles. The van der Waals surface area contributed by atoms with E-state index < -0.39 is 0 Å². The molecule has 0 aromatic rings. The summed E-state index contributed by atoms with van der Waals surface area (Å²) in [6.45, 7) is 6.73. The minimum Gasteiger partial charge on any atom is -0.396 e. The Morgan fingerprint density at radius 1 is 1.46 bits per heavy atom. The van der Waals surface area contributed by atoms with E-state index in [1.807, 2.05) is 0 Å². The quantitative estimate of drug-likeness (QED) is 0.492. The molecule has 0 aromatic carbocycles. The molecule has 1 N–H and O–H groups in total. The standard InChI is InChI=1S/C11H23BO/c1-4-6-11(12)7-10(5-2)9(3)8-13/h4,6,9-11,13H,5,7-8,12H2,1-3H3/b6-4-/t9?,10?,11-/m0/s1. The molecule has 0 aliphatic heterocycles. The number of rotatable bonds is 6. The van der Waals surface area contributed by atoms with Gasteiger partial charge in [-0.3, -0.25) is 0 Å². The summed E-state index contributed by atoms with van der Waals surface area (Å²) in [6.07, 6.45) is 6.72. The third-order valence-electron chi connectivity index (χ3n) is 2.81. The predicted octanol–water partition coefficient (Wildman–Crippen LogP) is 2.03. The van der Waals surface area contributed by atoms with Crippen molar-refractivity contribution < 1.29 is 5.11 Å². The maximum Gasteiger partial charge on any atom is 0.110 e. The van der Waals surface area contributed by atoms with Crippen LogP contribution in [0.5, 0.6) is 0 Å². The highest BCUT2D eigenvalue weighted by molar-refractivity contribution is 6.12. The van der Waals surface area contributed by atoms with Crippen molar-refractivity contribution in [3.63, 3.8) is 0 Å². The molecule has 1 nitrogen and oxygen atoms in total. The first-order valence-corrected chi connectivity index (χ1v) is 5.39. The highest BCUT2D eigenvalue weighted by Gasteiger charge is 2.16. The van der Waals surface area contributed by atoms with Crippen LogP contribution in [0, 0.1) is 11.8 Å². The molecule has 0 aromatic heterocycles. The summed E-state index contributed by atoms with van der Waals surface area (Å²) in [5.41, 5.74) is 0. The van der Waals surface area contributed by atoms with Gasteiger partial charge < -0.3 is 5.11 Å². The third-order valence-corrected chi connectivity index (χ3v) is 2.81. The van der Waals surface area contributed by atoms with E-state index in [1.165, 1.54) is 12.8 Å². The fourth-order valence-corrected chi connectivity index (χ4v) is 1.84. The zero-order chi connectivity index (χ0) is 10.3. The van der Waals surface area contributed by atoms with Crippen molar-refractivity contribution in [1.82, 2.24) is 0 Å². The van der Waals surface area contributed by atoms with Crippen LogP contribution in [-0.2, 0) is 0 Å². The molecule has 0 bridgehead atoms. The molecule has 0 heterocycles. The number of allylic oxidation sites excluding steroid dienone is 2. The Bertz CT molecular complexity index is 145. The molecule has 0 aliphatic rings. The molecule has 2 unspecified atom stereocenters.